The van der Waals surface area contributed by atoms with E-state index in [9.17, 15) is 17.6 Å². The zero-order valence-electron chi connectivity index (χ0n) is 16.5. The first-order valence-electron chi connectivity index (χ1n) is 9.52. The molecule has 1 aliphatic heterocycles. The molecular formula is C21H25FN2O4S. The number of halogens is 1. The second-order valence-corrected chi connectivity index (χ2v) is 8.94. The normalized spacial score (nSPS) is 19.3. The molecule has 2 aromatic rings. The van der Waals surface area contributed by atoms with Gasteiger partial charge in [0.05, 0.1) is 18.9 Å². The topological polar surface area (TPSA) is 75.7 Å². The molecule has 6 nitrogen and oxygen atoms in total. The van der Waals surface area contributed by atoms with Crippen molar-refractivity contribution in [1.29, 1.82) is 0 Å². The molecule has 1 heterocycles. The summed E-state index contributed by atoms with van der Waals surface area (Å²) in [5.74, 6) is -0.380. The highest BCUT2D eigenvalue weighted by atomic mass is 32.2. The molecule has 0 aromatic heterocycles. The second-order valence-electron chi connectivity index (χ2n) is 7.16. The molecule has 1 N–H and O–H groups in total. The Bertz CT molecular complexity index is 966. The summed E-state index contributed by atoms with van der Waals surface area (Å²) in [6, 6.07) is 13.3. The summed E-state index contributed by atoms with van der Waals surface area (Å²) in [5.41, 5.74) is 2.30. The van der Waals surface area contributed by atoms with E-state index in [4.69, 9.17) is 4.74 Å². The Hall–Kier alpha value is -2.45. The fourth-order valence-corrected chi connectivity index (χ4v) is 4.58. The Balaban J connectivity index is 1.91. The number of nitrogens with zero attached hydrogens (tertiary/aromatic N) is 1. The fraction of sp³-hybridized carbons (Fsp3) is 0.381. The average Bonchev–Trinajstić information content (AvgIpc) is 3.03. The van der Waals surface area contributed by atoms with Gasteiger partial charge < -0.3 is 9.64 Å². The Labute approximate surface area is 170 Å². The number of amides is 1. The highest BCUT2D eigenvalue weighted by molar-refractivity contribution is 7.88. The first-order valence-corrected chi connectivity index (χ1v) is 11.4. The minimum atomic E-state index is -3.46. The van der Waals surface area contributed by atoms with Crippen LogP contribution in [-0.4, -0.2) is 50.9 Å². The van der Waals surface area contributed by atoms with E-state index in [0.29, 0.717) is 24.9 Å². The van der Waals surface area contributed by atoms with Crippen molar-refractivity contribution in [2.24, 2.45) is 0 Å². The number of nitrogens with one attached hydrogen (secondary N) is 1. The molecule has 2 aromatic carbocycles. The van der Waals surface area contributed by atoms with Gasteiger partial charge >= 0.3 is 6.09 Å². The van der Waals surface area contributed by atoms with Gasteiger partial charge in [-0.2, -0.15) is 0 Å². The molecule has 0 saturated carbocycles. The predicted molar refractivity (Wildman–Crippen MR) is 109 cm³/mol. The van der Waals surface area contributed by atoms with Crippen molar-refractivity contribution < 1.29 is 22.3 Å². The van der Waals surface area contributed by atoms with Gasteiger partial charge in [-0.05, 0) is 48.6 Å². The minimum Gasteiger partial charge on any atom is -0.450 e. The molecule has 0 bridgehead atoms. The van der Waals surface area contributed by atoms with Crippen molar-refractivity contribution in [3.8, 4) is 11.1 Å². The number of benzene rings is 2. The number of ether oxygens (including phenoxy) is 1. The number of carbonyl (C=O) groups excluding carboxylic acids is 1. The number of hydrogen-bond acceptors (Lipinski definition) is 4. The molecule has 156 valence electrons. The van der Waals surface area contributed by atoms with Crippen molar-refractivity contribution in [1.82, 2.24) is 9.62 Å². The van der Waals surface area contributed by atoms with Gasteiger partial charge in [0.15, 0.2) is 0 Å². The van der Waals surface area contributed by atoms with Crippen molar-refractivity contribution >= 4 is 16.1 Å². The second kappa shape index (κ2) is 8.92. The molecule has 29 heavy (non-hydrogen) atoms. The number of sulfonamides is 1. The van der Waals surface area contributed by atoms with Crippen LogP contribution in [0, 0.1) is 5.82 Å². The van der Waals surface area contributed by atoms with E-state index in [1.807, 2.05) is 36.4 Å². The number of likely N-dealkylation sites (tertiary alicyclic amines) is 1. The van der Waals surface area contributed by atoms with E-state index in [1.54, 1.807) is 6.92 Å². The fourth-order valence-electron chi connectivity index (χ4n) is 3.76. The molecule has 0 radical (unpaired) electrons. The van der Waals surface area contributed by atoms with Crippen LogP contribution in [0.2, 0.25) is 0 Å². The van der Waals surface area contributed by atoms with Crippen LogP contribution in [0.3, 0.4) is 0 Å². The van der Waals surface area contributed by atoms with Crippen LogP contribution in [0.4, 0.5) is 9.18 Å². The monoisotopic (exact) mass is 420 g/mol. The van der Waals surface area contributed by atoms with Gasteiger partial charge in [0, 0.05) is 12.6 Å². The maximum absolute atomic E-state index is 14.3. The largest absolute Gasteiger partial charge is 0.450 e. The molecule has 1 saturated heterocycles. The average molecular weight is 421 g/mol. The lowest BCUT2D eigenvalue weighted by Crippen LogP contribution is -2.47. The van der Waals surface area contributed by atoms with Gasteiger partial charge in [-0.25, -0.2) is 22.3 Å². The lowest BCUT2D eigenvalue weighted by Gasteiger charge is -2.28. The van der Waals surface area contributed by atoms with Gasteiger partial charge in [-0.15, -0.1) is 0 Å². The summed E-state index contributed by atoms with van der Waals surface area (Å²) in [4.78, 5) is 13.9. The van der Waals surface area contributed by atoms with Gasteiger partial charge in [-0.3, -0.25) is 0 Å². The van der Waals surface area contributed by atoms with Crippen molar-refractivity contribution in [3.63, 3.8) is 0 Å². The van der Waals surface area contributed by atoms with Crippen LogP contribution in [0.5, 0.6) is 0 Å². The van der Waals surface area contributed by atoms with Gasteiger partial charge in [0.1, 0.15) is 5.82 Å². The van der Waals surface area contributed by atoms with E-state index >= 15 is 0 Å². The van der Waals surface area contributed by atoms with Crippen molar-refractivity contribution in [2.75, 3.05) is 19.4 Å². The molecular weight excluding hydrogens is 395 g/mol. The molecule has 0 unspecified atom stereocenters. The highest BCUT2D eigenvalue weighted by Gasteiger charge is 2.39. The Morgan fingerprint density at radius 2 is 1.93 bits per heavy atom. The molecule has 1 amide bonds. The van der Waals surface area contributed by atoms with Gasteiger partial charge in [0.25, 0.3) is 0 Å². The summed E-state index contributed by atoms with van der Waals surface area (Å²) in [7, 11) is -3.46. The summed E-state index contributed by atoms with van der Waals surface area (Å²) in [6.07, 6.45) is 1.38. The van der Waals surface area contributed by atoms with Crippen LogP contribution in [-0.2, 0) is 21.2 Å². The number of hydrogen-bond donors (Lipinski definition) is 1. The van der Waals surface area contributed by atoms with Crippen LogP contribution >= 0.6 is 0 Å². The van der Waals surface area contributed by atoms with Crippen molar-refractivity contribution in [3.05, 3.63) is 59.9 Å². The van der Waals surface area contributed by atoms with E-state index in [-0.39, 0.29) is 12.4 Å². The highest BCUT2D eigenvalue weighted by Crippen LogP contribution is 2.27. The summed E-state index contributed by atoms with van der Waals surface area (Å²) >= 11 is 0. The smallest absolute Gasteiger partial charge is 0.410 e. The van der Waals surface area contributed by atoms with E-state index in [1.165, 1.54) is 17.0 Å². The number of carbonyl (C=O) groups is 1. The summed E-state index contributed by atoms with van der Waals surface area (Å²) in [5, 5.41) is 0. The van der Waals surface area contributed by atoms with E-state index < -0.39 is 28.2 Å². The van der Waals surface area contributed by atoms with Gasteiger partial charge in [-0.1, -0.05) is 36.4 Å². The van der Waals surface area contributed by atoms with E-state index in [2.05, 4.69) is 4.72 Å². The van der Waals surface area contributed by atoms with Crippen LogP contribution in [0.15, 0.2) is 48.5 Å². The maximum atomic E-state index is 14.3. The maximum Gasteiger partial charge on any atom is 0.410 e. The third-order valence-corrected chi connectivity index (χ3v) is 5.65. The molecule has 8 heteroatoms. The molecule has 1 aliphatic rings. The number of rotatable bonds is 6. The third kappa shape index (κ3) is 5.55. The van der Waals surface area contributed by atoms with Crippen LogP contribution < -0.4 is 4.72 Å². The Morgan fingerprint density at radius 3 is 2.59 bits per heavy atom. The van der Waals surface area contributed by atoms with E-state index in [0.717, 1.165) is 17.4 Å². The van der Waals surface area contributed by atoms with Crippen LogP contribution in [0.25, 0.3) is 11.1 Å². The SMILES string of the molecule is CCOC(=O)N1CC[C@H](NS(C)(=O)=O)[C@@H]1Cc1cc(F)cc(-c2ccccc2)c1. The van der Waals surface area contributed by atoms with Gasteiger partial charge in [0.2, 0.25) is 10.0 Å². The molecule has 0 spiro atoms. The van der Waals surface area contributed by atoms with Crippen molar-refractivity contribution in [2.45, 2.75) is 31.8 Å². The molecule has 2 atom stereocenters. The lowest BCUT2D eigenvalue weighted by atomic mass is 9.97. The minimum absolute atomic E-state index is 0.227. The molecule has 1 fully saturated rings. The van der Waals surface area contributed by atoms with Crippen LogP contribution in [0.1, 0.15) is 18.9 Å². The lowest BCUT2D eigenvalue weighted by molar-refractivity contribution is 0.101. The summed E-state index contributed by atoms with van der Waals surface area (Å²) < 4.78 is 45.6. The quantitative estimate of drug-likeness (QED) is 0.779. The Morgan fingerprint density at radius 1 is 1.21 bits per heavy atom. The standard InChI is InChI=1S/C21H25FN2O4S/c1-3-28-21(25)24-10-9-19(23-29(2,26)27)20(24)13-15-11-17(14-18(22)12-15)16-7-5-4-6-8-16/h4-8,11-12,14,19-20,23H,3,9-10,13H2,1-2H3/t19-,20-/m0/s1. The summed E-state index contributed by atoms with van der Waals surface area (Å²) in [6.45, 7) is 2.32. The molecule has 3 rings (SSSR count). The Kier molecular flexibility index (Phi) is 6.54. The first-order chi connectivity index (χ1) is 13.8. The predicted octanol–water partition coefficient (Wildman–Crippen LogP) is 3.18. The zero-order chi connectivity index (χ0) is 21.0. The zero-order valence-corrected chi connectivity index (χ0v) is 17.3. The third-order valence-electron chi connectivity index (χ3n) is 4.92. The first kappa shape index (κ1) is 21.3. The molecule has 0 aliphatic carbocycles.